The second kappa shape index (κ2) is 5.40. The molecule has 1 fully saturated rings. The summed E-state index contributed by atoms with van der Waals surface area (Å²) in [7, 11) is 0. The third kappa shape index (κ3) is 2.44. The molecule has 0 radical (unpaired) electrons. The Bertz CT molecular complexity index is 914. The third-order valence-corrected chi connectivity index (χ3v) is 4.02. The molecule has 0 spiro atoms. The molecule has 0 aliphatic heterocycles. The van der Waals surface area contributed by atoms with Gasteiger partial charge in [-0.2, -0.15) is 5.10 Å². The van der Waals surface area contributed by atoms with E-state index in [1.807, 2.05) is 0 Å². The van der Waals surface area contributed by atoms with E-state index in [0.717, 1.165) is 12.8 Å². The first kappa shape index (κ1) is 14.8. The van der Waals surface area contributed by atoms with E-state index in [1.165, 1.54) is 17.0 Å². The van der Waals surface area contributed by atoms with Gasteiger partial charge in [0.15, 0.2) is 11.4 Å². The molecule has 3 aromatic heterocycles. The second-order valence-electron chi connectivity index (χ2n) is 5.78. The predicted molar refractivity (Wildman–Crippen MR) is 79.8 cm³/mol. The number of hydrogen-bond donors (Lipinski definition) is 1. The molecule has 1 aliphatic carbocycles. The Hall–Kier alpha value is -2.77. The fourth-order valence-corrected chi connectivity index (χ4v) is 2.83. The summed E-state index contributed by atoms with van der Waals surface area (Å²) in [4.78, 5) is 15.4. The molecule has 0 aromatic carbocycles. The van der Waals surface area contributed by atoms with E-state index in [9.17, 15) is 13.6 Å². The van der Waals surface area contributed by atoms with Gasteiger partial charge in [-0.25, -0.2) is 18.4 Å². The number of furan rings is 1. The van der Waals surface area contributed by atoms with E-state index in [-0.39, 0.29) is 28.2 Å². The molecule has 24 heavy (non-hydrogen) atoms. The molecule has 124 valence electrons. The lowest BCUT2D eigenvalue weighted by molar-refractivity contribution is -0.137. The molecule has 0 unspecified atom stereocenters. The Kier molecular flexibility index (Phi) is 3.33. The van der Waals surface area contributed by atoms with Crippen molar-refractivity contribution in [3.8, 4) is 11.5 Å². The van der Waals surface area contributed by atoms with Crippen molar-refractivity contribution in [3.63, 3.8) is 0 Å². The van der Waals surface area contributed by atoms with Crippen LogP contribution in [0.5, 0.6) is 0 Å². The van der Waals surface area contributed by atoms with Crippen LogP contribution in [0.1, 0.15) is 36.4 Å². The zero-order chi connectivity index (χ0) is 16.8. The van der Waals surface area contributed by atoms with Crippen LogP contribution in [0.25, 0.3) is 22.5 Å². The number of carboxylic acids is 1. The van der Waals surface area contributed by atoms with Crippen molar-refractivity contribution in [1.29, 1.82) is 0 Å². The molecule has 0 amide bonds. The molecule has 3 aromatic rings. The number of fused-ring (bicyclic) bond motifs is 1. The summed E-state index contributed by atoms with van der Waals surface area (Å²) < 4.78 is 33.7. The molecule has 1 saturated carbocycles. The van der Waals surface area contributed by atoms with E-state index in [2.05, 4.69) is 10.1 Å². The van der Waals surface area contributed by atoms with E-state index < -0.39 is 18.9 Å². The first-order valence-corrected chi connectivity index (χ1v) is 7.49. The van der Waals surface area contributed by atoms with Crippen molar-refractivity contribution < 1.29 is 23.1 Å². The first-order chi connectivity index (χ1) is 11.5. The van der Waals surface area contributed by atoms with Gasteiger partial charge in [0.25, 0.3) is 6.43 Å². The number of pyridine rings is 1. The quantitative estimate of drug-likeness (QED) is 0.771. The Morgan fingerprint density at radius 1 is 1.46 bits per heavy atom. The minimum Gasteiger partial charge on any atom is -0.480 e. The molecular formula is C16H13F2N3O3. The highest BCUT2D eigenvalue weighted by Crippen LogP contribution is 2.45. The van der Waals surface area contributed by atoms with Crippen LogP contribution < -0.4 is 0 Å². The number of aromatic nitrogens is 3. The monoisotopic (exact) mass is 333 g/mol. The van der Waals surface area contributed by atoms with Crippen molar-refractivity contribution in [2.24, 2.45) is 0 Å². The number of alkyl halides is 2. The minimum absolute atomic E-state index is 0.0938. The molecule has 1 aliphatic rings. The molecule has 8 heteroatoms. The van der Waals surface area contributed by atoms with E-state index in [1.54, 1.807) is 12.1 Å². The number of rotatable bonds is 5. The van der Waals surface area contributed by atoms with Crippen molar-refractivity contribution in [2.45, 2.75) is 31.7 Å². The van der Waals surface area contributed by atoms with Gasteiger partial charge in [0.05, 0.1) is 17.3 Å². The van der Waals surface area contributed by atoms with Crippen LogP contribution in [-0.4, -0.2) is 25.8 Å². The fourth-order valence-electron chi connectivity index (χ4n) is 2.83. The normalized spacial score (nSPS) is 14.6. The Morgan fingerprint density at radius 3 is 2.83 bits per heavy atom. The van der Waals surface area contributed by atoms with Crippen molar-refractivity contribution >= 4 is 17.0 Å². The van der Waals surface area contributed by atoms with Gasteiger partial charge in [0.1, 0.15) is 12.2 Å². The predicted octanol–water partition coefficient (Wildman–Crippen LogP) is 3.59. The summed E-state index contributed by atoms with van der Waals surface area (Å²) in [5, 5.41) is 13.6. The van der Waals surface area contributed by atoms with Crippen molar-refractivity contribution in [2.75, 3.05) is 0 Å². The van der Waals surface area contributed by atoms with Gasteiger partial charge < -0.3 is 9.52 Å². The van der Waals surface area contributed by atoms with Gasteiger partial charge in [0, 0.05) is 11.5 Å². The maximum atomic E-state index is 13.6. The topological polar surface area (TPSA) is 81.1 Å². The average Bonchev–Trinajstić information content (AvgIpc) is 3.10. The van der Waals surface area contributed by atoms with Crippen molar-refractivity contribution in [3.05, 3.63) is 35.7 Å². The summed E-state index contributed by atoms with van der Waals surface area (Å²) in [6.45, 7) is -0.430. The highest BCUT2D eigenvalue weighted by molar-refractivity contribution is 5.86. The highest BCUT2D eigenvalue weighted by atomic mass is 19.3. The molecule has 3 heterocycles. The summed E-state index contributed by atoms with van der Waals surface area (Å²) in [6, 6.07) is 4.54. The molecule has 0 bridgehead atoms. The summed E-state index contributed by atoms with van der Waals surface area (Å²) in [6.07, 6.45) is 0.431. The third-order valence-electron chi connectivity index (χ3n) is 4.02. The van der Waals surface area contributed by atoms with Gasteiger partial charge in [-0.1, -0.05) is 0 Å². The lowest BCUT2D eigenvalue weighted by Crippen LogP contribution is -2.11. The number of carboxylic acid groups (broad SMARTS) is 1. The zero-order valence-corrected chi connectivity index (χ0v) is 12.4. The molecule has 6 nitrogen and oxygen atoms in total. The van der Waals surface area contributed by atoms with Crippen LogP contribution in [0.2, 0.25) is 0 Å². The number of halogens is 2. The lowest BCUT2D eigenvalue weighted by atomic mass is 10.1. The van der Waals surface area contributed by atoms with Crippen LogP contribution in [-0.2, 0) is 11.3 Å². The number of carbonyl (C=O) groups is 1. The largest absolute Gasteiger partial charge is 0.480 e. The highest BCUT2D eigenvalue weighted by Gasteiger charge is 2.33. The van der Waals surface area contributed by atoms with Gasteiger partial charge >= 0.3 is 5.97 Å². The molecule has 1 N–H and O–H groups in total. The van der Waals surface area contributed by atoms with E-state index in [0.29, 0.717) is 11.5 Å². The second-order valence-corrected chi connectivity index (χ2v) is 5.78. The zero-order valence-electron chi connectivity index (χ0n) is 12.4. The fraction of sp³-hybridized carbons (Fsp3) is 0.312. The van der Waals surface area contributed by atoms with Gasteiger partial charge in [-0.3, -0.25) is 4.79 Å². The van der Waals surface area contributed by atoms with Crippen molar-refractivity contribution in [1.82, 2.24) is 14.8 Å². The van der Waals surface area contributed by atoms with Gasteiger partial charge in [0.2, 0.25) is 0 Å². The summed E-state index contributed by atoms with van der Waals surface area (Å²) >= 11 is 0. The van der Waals surface area contributed by atoms with E-state index in [4.69, 9.17) is 9.52 Å². The smallest absolute Gasteiger partial charge is 0.325 e. The summed E-state index contributed by atoms with van der Waals surface area (Å²) in [5.74, 6) is -0.670. The maximum Gasteiger partial charge on any atom is 0.325 e. The standard InChI is InChI=1S/C16H13F2N3O3/c17-15(18)9-6-10(11-2-1-5-24-11)19-16-13(9)14(8-3-4-8)20-21(16)7-12(22)23/h1-2,5-6,8,15H,3-4,7H2,(H,22,23). The molecule has 0 atom stereocenters. The van der Waals surface area contributed by atoms with Crippen LogP contribution in [0.15, 0.2) is 28.9 Å². The van der Waals surface area contributed by atoms with Crippen LogP contribution in [0.4, 0.5) is 8.78 Å². The number of aliphatic carboxylic acids is 1. The average molecular weight is 333 g/mol. The number of nitrogens with zero attached hydrogens (tertiary/aromatic N) is 3. The Balaban J connectivity index is 2.01. The maximum absolute atomic E-state index is 13.6. The molecule has 0 saturated heterocycles. The minimum atomic E-state index is -2.72. The molecule has 4 rings (SSSR count). The summed E-state index contributed by atoms with van der Waals surface area (Å²) in [5.41, 5.74) is 0.713. The Labute approximate surface area is 134 Å². The Morgan fingerprint density at radius 2 is 2.25 bits per heavy atom. The van der Waals surface area contributed by atoms with Crippen LogP contribution in [0, 0.1) is 0 Å². The molecular weight excluding hydrogens is 320 g/mol. The lowest BCUT2D eigenvalue weighted by Gasteiger charge is -2.07. The SMILES string of the molecule is O=C(O)Cn1nc(C2CC2)c2c(C(F)F)cc(-c3ccco3)nc21. The van der Waals surface area contributed by atoms with Crippen LogP contribution >= 0.6 is 0 Å². The number of hydrogen-bond acceptors (Lipinski definition) is 4. The van der Waals surface area contributed by atoms with E-state index >= 15 is 0 Å². The van der Waals surface area contributed by atoms with Crippen LogP contribution in [0.3, 0.4) is 0 Å². The van der Waals surface area contributed by atoms with Gasteiger partial charge in [-0.15, -0.1) is 0 Å². The van der Waals surface area contributed by atoms with Gasteiger partial charge in [-0.05, 0) is 31.0 Å². The first-order valence-electron chi connectivity index (χ1n) is 7.49.